The lowest BCUT2D eigenvalue weighted by molar-refractivity contribution is 0.394. The lowest BCUT2D eigenvalue weighted by Gasteiger charge is -1.96. The maximum Gasteiger partial charge on any atom is 0.214 e. The van der Waals surface area contributed by atoms with E-state index in [1.54, 1.807) is 12.1 Å². The number of thiol groups is 1. The molecule has 0 bridgehead atoms. The van der Waals surface area contributed by atoms with E-state index in [2.05, 4.69) is 4.98 Å². The Labute approximate surface area is 65.8 Å². The second kappa shape index (κ2) is 3.34. The average molecular weight is 173 g/mol. The fourth-order valence-corrected chi connectivity index (χ4v) is 1.01. The predicted octanol–water partition coefficient (Wildman–Crippen LogP) is 0.0605. The van der Waals surface area contributed by atoms with Gasteiger partial charge < -0.3 is 4.74 Å². The summed E-state index contributed by atoms with van der Waals surface area (Å²) in [4.78, 5) is 3.67. The summed E-state index contributed by atoms with van der Waals surface area (Å²) in [5.41, 5.74) is 0. The fraction of sp³-hybridized carbons (Fsp3) is 0.167. The normalized spacial score (nSPS) is 10.0. The number of hydrogen-bond donors (Lipinski definition) is 1. The molecule has 1 aromatic rings. The lowest BCUT2D eigenvalue weighted by Crippen LogP contribution is -1.90. The van der Waals surface area contributed by atoms with E-state index in [-0.39, 0.29) is 5.03 Å². The van der Waals surface area contributed by atoms with Gasteiger partial charge in [0.15, 0.2) is 15.7 Å². The summed E-state index contributed by atoms with van der Waals surface area (Å²) >= 11 is 0. The van der Waals surface area contributed by atoms with Crippen LogP contribution in [0.1, 0.15) is 0 Å². The highest BCUT2D eigenvalue weighted by Crippen LogP contribution is 2.06. The highest BCUT2D eigenvalue weighted by atomic mass is 32.2. The molecule has 0 amide bonds. The summed E-state index contributed by atoms with van der Waals surface area (Å²) < 4.78 is 25.5. The first-order valence-corrected chi connectivity index (χ1v) is 4.07. The smallest absolute Gasteiger partial charge is 0.214 e. The van der Waals surface area contributed by atoms with Crippen LogP contribution >= 0.6 is 0 Å². The van der Waals surface area contributed by atoms with Gasteiger partial charge in [-0.05, 0) is 6.07 Å². The molecule has 0 aliphatic rings. The maximum atomic E-state index is 10.4. The number of methoxy groups -OCH3 is 1. The van der Waals surface area contributed by atoms with Gasteiger partial charge in [0.2, 0.25) is 5.88 Å². The highest BCUT2D eigenvalue weighted by Gasteiger charge is 1.97. The molecule has 11 heavy (non-hydrogen) atoms. The van der Waals surface area contributed by atoms with Crippen molar-refractivity contribution < 1.29 is 13.2 Å². The van der Waals surface area contributed by atoms with Gasteiger partial charge in [0.1, 0.15) is 0 Å². The van der Waals surface area contributed by atoms with E-state index >= 15 is 0 Å². The van der Waals surface area contributed by atoms with Crippen LogP contribution in [0.25, 0.3) is 0 Å². The molecule has 0 aliphatic carbocycles. The summed E-state index contributed by atoms with van der Waals surface area (Å²) in [6.45, 7) is 0. The van der Waals surface area contributed by atoms with Gasteiger partial charge >= 0.3 is 0 Å². The van der Waals surface area contributed by atoms with Crippen molar-refractivity contribution in [3.8, 4) is 5.88 Å². The number of pyridine rings is 1. The second-order valence-electron chi connectivity index (χ2n) is 1.80. The summed E-state index contributed by atoms with van der Waals surface area (Å²) in [5, 5.41) is 0.0272. The van der Waals surface area contributed by atoms with E-state index in [4.69, 9.17) is 4.74 Å². The summed E-state index contributed by atoms with van der Waals surface area (Å²) in [6.07, 6.45) is 0. The molecule has 0 N–H and O–H groups in total. The van der Waals surface area contributed by atoms with Crippen molar-refractivity contribution in [1.82, 2.24) is 4.98 Å². The number of aromatic nitrogens is 1. The minimum atomic E-state index is -2.61. The summed E-state index contributed by atoms with van der Waals surface area (Å²) in [6, 6.07) is 4.57. The van der Waals surface area contributed by atoms with Gasteiger partial charge in [0.05, 0.1) is 7.11 Å². The SMILES string of the molecule is COc1cccc([SH](=O)=O)n1. The third kappa shape index (κ3) is 1.91. The Morgan fingerprint density at radius 3 is 2.73 bits per heavy atom. The minimum Gasteiger partial charge on any atom is -0.481 e. The first kappa shape index (κ1) is 8.00. The molecule has 0 saturated carbocycles. The topological polar surface area (TPSA) is 56.3 Å². The van der Waals surface area contributed by atoms with Crippen molar-refractivity contribution in [2.45, 2.75) is 5.03 Å². The molecule has 1 aromatic heterocycles. The average Bonchev–Trinajstić information content (AvgIpc) is 2.05. The van der Waals surface area contributed by atoms with Crippen LogP contribution in [0.5, 0.6) is 5.88 Å². The van der Waals surface area contributed by atoms with E-state index in [0.717, 1.165) is 0 Å². The molecule has 0 saturated heterocycles. The molecule has 1 rings (SSSR count). The van der Waals surface area contributed by atoms with Crippen molar-refractivity contribution in [2.24, 2.45) is 0 Å². The standard InChI is InChI=1S/C6H7NO3S/c1-10-5-3-2-4-6(7-5)11(8)9/h2-4,11H,1H3. The number of rotatable bonds is 2. The van der Waals surface area contributed by atoms with Gasteiger partial charge in [-0.3, -0.25) is 0 Å². The quantitative estimate of drug-likeness (QED) is 0.642. The van der Waals surface area contributed by atoms with Crippen LogP contribution in [0, 0.1) is 0 Å². The van der Waals surface area contributed by atoms with Crippen LogP contribution in [0.2, 0.25) is 0 Å². The number of hydrogen-bond acceptors (Lipinski definition) is 4. The fourth-order valence-electron chi connectivity index (χ4n) is 0.619. The van der Waals surface area contributed by atoms with Crippen molar-refractivity contribution in [1.29, 1.82) is 0 Å². The molecule has 4 nitrogen and oxygen atoms in total. The van der Waals surface area contributed by atoms with Gasteiger partial charge in [-0.15, -0.1) is 0 Å². The Balaban J connectivity index is 3.10. The first-order chi connectivity index (χ1) is 5.24. The van der Waals surface area contributed by atoms with E-state index in [9.17, 15) is 8.42 Å². The van der Waals surface area contributed by atoms with E-state index in [0.29, 0.717) is 5.88 Å². The largest absolute Gasteiger partial charge is 0.481 e. The van der Waals surface area contributed by atoms with Gasteiger partial charge in [-0.2, -0.15) is 0 Å². The van der Waals surface area contributed by atoms with Crippen molar-refractivity contribution in [3.05, 3.63) is 18.2 Å². The molecule has 0 atom stereocenters. The zero-order valence-electron chi connectivity index (χ0n) is 5.85. The van der Waals surface area contributed by atoms with Crippen LogP contribution in [-0.2, 0) is 10.7 Å². The maximum absolute atomic E-state index is 10.4. The molecule has 1 heterocycles. The van der Waals surface area contributed by atoms with Crippen LogP contribution < -0.4 is 4.74 Å². The van der Waals surface area contributed by atoms with Crippen molar-refractivity contribution >= 4 is 10.7 Å². The third-order valence-corrected chi connectivity index (χ3v) is 1.73. The van der Waals surface area contributed by atoms with Crippen LogP contribution in [0.3, 0.4) is 0 Å². The zero-order chi connectivity index (χ0) is 8.27. The van der Waals surface area contributed by atoms with Gasteiger partial charge in [-0.1, -0.05) is 6.07 Å². The second-order valence-corrected chi connectivity index (χ2v) is 2.77. The van der Waals surface area contributed by atoms with Gasteiger partial charge in [0.25, 0.3) is 0 Å². The van der Waals surface area contributed by atoms with Gasteiger partial charge in [-0.25, -0.2) is 13.4 Å². The van der Waals surface area contributed by atoms with E-state index < -0.39 is 10.7 Å². The Morgan fingerprint density at radius 1 is 1.45 bits per heavy atom. The summed E-state index contributed by atoms with van der Waals surface area (Å²) in [5.74, 6) is 0.307. The van der Waals surface area contributed by atoms with Crippen molar-refractivity contribution in [3.63, 3.8) is 0 Å². The molecule has 5 heteroatoms. The predicted molar refractivity (Wildman–Crippen MR) is 39.4 cm³/mol. The molecule has 0 radical (unpaired) electrons. The van der Waals surface area contributed by atoms with Crippen LogP contribution in [0.4, 0.5) is 0 Å². The first-order valence-electron chi connectivity index (χ1n) is 2.89. The summed E-state index contributed by atoms with van der Waals surface area (Å²) in [7, 11) is -1.17. The lowest BCUT2D eigenvalue weighted by atomic mass is 10.5. The molecule has 60 valence electrons. The Bertz CT molecular complexity index is 313. The molecule has 0 unspecified atom stereocenters. The molecule has 0 aromatic carbocycles. The minimum absolute atomic E-state index is 0.0272. The van der Waals surface area contributed by atoms with Crippen molar-refractivity contribution in [2.75, 3.05) is 7.11 Å². The molecule has 0 spiro atoms. The number of ether oxygens (including phenoxy) is 1. The molecule has 0 aliphatic heterocycles. The molecular formula is C6H7NO3S. The Morgan fingerprint density at radius 2 is 2.18 bits per heavy atom. The Kier molecular flexibility index (Phi) is 2.43. The highest BCUT2D eigenvalue weighted by molar-refractivity contribution is 7.72. The Hall–Kier alpha value is -1.10. The third-order valence-electron chi connectivity index (χ3n) is 1.11. The number of nitrogens with zero attached hydrogens (tertiary/aromatic N) is 1. The monoisotopic (exact) mass is 173 g/mol. The molecule has 0 fully saturated rings. The van der Waals surface area contributed by atoms with E-state index in [1.807, 2.05) is 0 Å². The van der Waals surface area contributed by atoms with E-state index in [1.165, 1.54) is 13.2 Å². The van der Waals surface area contributed by atoms with Crippen LogP contribution in [0.15, 0.2) is 23.2 Å². The van der Waals surface area contributed by atoms with Crippen LogP contribution in [-0.4, -0.2) is 20.5 Å². The molecular weight excluding hydrogens is 166 g/mol. The zero-order valence-corrected chi connectivity index (χ0v) is 6.75. The van der Waals surface area contributed by atoms with Gasteiger partial charge in [0, 0.05) is 6.07 Å².